The Balaban J connectivity index is 1.70. The van der Waals surface area contributed by atoms with Crippen LogP contribution in [0.1, 0.15) is 41.6 Å². The average Bonchev–Trinajstić information content (AvgIpc) is 3.31. The third-order valence-electron chi connectivity index (χ3n) is 5.46. The fourth-order valence-corrected chi connectivity index (χ4v) is 3.85. The number of hydrogen-bond donors (Lipinski definition) is 0. The number of aldehydes is 1. The van der Waals surface area contributed by atoms with E-state index in [1.807, 2.05) is 54.7 Å². The van der Waals surface area contributed by atoms with E-state index in [1.165, 1.54) is 12.8 Å². The SMILES string of the molecule is COc1ccc(N(Cc2cccnc2)c2ccc(C=O)cc2)cc1OC1CCCC1. The van der Waals surface area contributed by atoms with Crippen LogP contribution in [0.3, 0.4) is 0 Å². The molecule has 0 unspecified atom stereocenters. The lowest BCUT2D eigenvalue weighted by Crippen LogP contribution is -2.17. The molecule has 4 rings (SSSR count). The van der Waals surface area contributed by atoms with E-state index in [0.717, 1.165) is 47.6 Å². The lowest BCUT2D eigenvalue weighted by atomic mass is 10.1. The number of hydrogen-bond acceptors (Lipinski definition) is 5. The van der Waals surface area contributed by atoms with Gasteiger partial charge < -0.3 is 14.4 Å². The highest BCUT2D eigenvalue weighted by atomic mass is 16.5. The van der Waals surface area contributed by atoms with Crippen LogP contribution in [-0.4, -0.2) is 24.5 Å². The Bertz CT molecular complexity index is 967. The van der Waals surface area contributed by atoms with Crippen molar-refractivity contribution in [1.82, 2.24) is 4.98 Å². The summed E-state index contributed by atoms with van der Waals surface area (Å²) in [6, 6.07) is 17.6. The monoisotopic (exact) mass is 402 g/mol. The van der Waals surface area contributed by atoms with Crippen LogP contribution in [0.5, 0.6) is 11.5 Å². The lowest BCUT2D eigenvalue weighted by molar-refractivity contribution is 0.112. The van der Waals surface area contributed by atoms with Gasteiger partial charge in [0, 0.05) is 41.9 Å². The van der Waals surface area contributed by atoms with E-state index in [2.05, 4.69) is 16.0 Å². The highest BCUT2D eigenvalue weighted by Gasteiger charge is 2.20. The molecular weight excluding hydrogens is 376 g/mol. The molecule has 154 valence electrons. The number of ether oxygens (including phenoxy) is 2. The molecule has 30 heavy (non-hydrogen) atoms. The van der Waals surface area contributed by atoms with Gasteiger partial charge in [-0.2, -0.15) is 0 Å². The van der Waals surface area contributed by atoms with Crippen molar-refractivity contribution in [3.05, 3.63) is 78.1 Å². The fraction of sp³-hybridized carbons (Fsp3) is 0.280. The number of methoxy groups -OCH3 is 1. The van der Waals surface area contributed by atoms with Crippen LogP contribution in [0.15, 0.2) is 67.0 Å². The molecule has 1 saturated carbocycles. The summed E-state index contributed by atoms with van der Waals surface area (Å²) in [6.45, 7) is 0.642. The molecule has 0 radical (unpaired) electrons. The second kappa shape index (κ2) is 9.44. The molecule has 0 bridgehead atoms. The van der Waals surface area contributed by atoms with Crippen LogP contribution in [0, 0.1) is 0 Å². The van der Waals surface area contributed by atoms with Crippen LogP contribution in [0.25, 0.3) is 0 Å². The van der Waals surface area contributed by atoms with E-state index < -0.39 is 0 Å². The summed E-state index contributed by atoms with van der Waals surface area (Å²) in [4.78, 5) is 17.5. The molecule has 2 aromatic carbocycles. The Morgan fingerprint density at radius 2 is 1.80 bits per heavy atom. The van der Waals surface area contributed by atoms with Gasteiger partial charge in [0.2, 0.25) is 0 Å². The number of rotatable bonds is 8. The van der Waals surface area contributed by atoms with Gasteiger partial charge in [-0.1, -0.05) is 6.07 Å². The standard InChI is InChI=1S/C25H26N2O3/c1-29-24-13-12-22(15-25(24)30-23-6-2-3-7-23)27(17-20-5-4-14-26-16-20)21-10-8-19(18-28)9-11-21/h4-5,8-16,18,23H,2-3,6-7,17H2,1H3. The van der Waals surface area contributed by atoms with Crippen LogP contribution >= 0.6 is 0 Å². The van der Waals surface area contributed by atoms with E-state index in [1.54, 1.807) is 13.3 Å². The zero-order chi connectivity index (χ0) is 20.8. The molecule has 0 atom stereocenters. The van der Waals surface area contributed by atoms with Gasteiger partial charge in [0.15, 0.2) is 11.5 Å². The molecule has 1 aliphatic carbocycles. The van der Waals surface area contributed by atoms with Gasteiger partial charge in [0.25, 0.3) is 0 Å². The van der Waals surface area contributed by atoms with Crippen molar-refractivity contribution in [2.75, 3.05) is 12.0 Å². The molecule has 1 heterocycles. The predicted molar refractivity (Wildman–Crippen MR) is 118 cm³/mol. The summed E-state index contributed by atoms with van der Waals surface area (Å²) >= 11 is 0. The first-order valence-corrected chi connectivity index (χ1v) is 10.3. The molecular formula is C25H26N2O3. The third kappa shape index (κ3) is 4.62. The van der Waals surface area contributed by atoms with Gasteiger partial charge in [-0.25, -0.2) is 0 Å². The van der Waals surface area contributed by atoms with Gasteiger partial charge in [-0.3, -0.25) is 9.78 Å². The first kappa shape index (κ1) is 20.0. The largest absolute Gasteiger partial charge is 0.493 e. The number of carbonyl (C=O) groups excluding carboxylic acids is 1. The number of aromatic nitrogens is 1. The van der Waals surface area contributed by atoms with Crippen molar-refractivity contribution < 1.29 is 14.3 Å². The van der Waals surface area contributed by atoms with Crippen LogP contribution < -0.4 is 14.4 Å². The molecule has 5 heteroatoms. The lowest BCUT2D eigenvalue weighted by Gasteiger charge is -2.27. The summed E-state index contributed by atoms with van der Waals surface area (Å²) in [5.74, 6) is 1.51. The van der Waals surface area contributed by atoms with Gasteiger partial charge in [0.05, 0.1) is 13.2 Å². The smallest absolute Gasteiger partial charge is 0.163 e. The minimum atomic E-state index is 0.243. The number of nitrogens with zero attached hydrogens (tertiary/aromatic N) is 2. The Kier molecular flexibility index (Phi) is 6.28. The highest BCUT2D eigenvalue weighted by Crippen LogP contribution is 2.37. The van der Waals surface area contributed by atoms with E-state index in [0.29, 0.717) is 12.1 Å². The highest BCUT2D eigenvalue weighted by molar-refractivity contribution is 5.77. The minimum absolute atomic E-state index is 0.243. The maximum absolute atomic E-state index is 11.1. The number of carbonyl (C=O) groups is 1. The normalized spacial score (nSPS) is 13.8. The maximum atomic E-state index is 11.1. The van der Waals surface area contributed by atoms with Crippen molar-refractivity contribution in [2.24, 2.45) is 0 Å². The maximum Gasteiger partial charge on any atom is 0.163 e. The Hall–Kier alpha value is -3.34. The molecule has 5 nitrogen and oxygen atoms in total. The van der Waals surface area contributed by atoms with E-state index in [-0.39, 0.29) is 6.10 Å². The summed E-state index contributed by atoms with van der Waals surface area (Å²) in [6.07, 6.45) is 9.33. The molecule has 0 N–H and O–H groups in total. The number of pyridine rings is 1. The molecule has 1 aromatic heterocycles. The topological polar surface area (TPSA) is 51.7 Å². The molecule has 0 amide bonds. The fourth-order valence-electron chi connectivity index (χ4n) is 3.85. The first-order valence-electron chi connectivity index (χ1n) is 10.3. The first-order chi connectivity index (χ1) is 14.8. The van der Waals surface area contributed by atoms with Gasteiger partial charge >= 0.3 is 0 Å². The molecule has 0 aliphatic heterocycles. The van der Waals surface area contributed by atoms with Crippen molar-refractivity contribution in [3.63, 3.8) is 0 Å². The second-order valence-corrected chi connectivity index (χ2v) is 7.52. The van der Waals surface area contributed by atoms with Crippen molar-refractivity contribution >= 4 is 17.7 Å². The molecule has 0 spiro atoms. The predicted octanol–water partition coefficient (Wildman–Crippen LogP) is 5.56. The van der Waals surface area contributed by atoms with Crippen molar-refractivity contribution in [2.45, 2.75) is 38.3 Å². The van der Waals surface area contributed by atoms with Crippen LogP contribution in [-0.2, 0) is 6.54 Å². The molecule has 1 aliphatic rings. The second-order valence-electron chi connectivity index (χ2n) is 7.52. The summed E-state index contributed by atoms with van der Waals surface area (Å²) in [5.41, 5.74) is 3.72. The van der Waals surface area contributed by atoms with Crippen molar-refractivity contribution in [3.8, 4) is 11.5 Å². The molecule has 0 saturated heterocycles. The van der Waals surface area contributed by atoms with Crippen LogP contribution in [0.4, 0.5) is 11.4 Å². The third-order valence-corrected chi connectivity index (χ3v) is 5.46. The number of benzene rings is 2. The molecule has 3 aromatic rings. The van der Waals surface area contributed by atoms with Gasteiger partial charge in [-0.15, -0.1) is 0 Å². The van der Waals surface area contributed by atoms with Gasteiger partial charge in [0.1, 0.15) is 6.29 Å². The van der Waals surface area contributed by atoms with E-state index in [9.17, 15) is 4.79 Å². The Labute approximate surface area is 177 Å². The van der Waals surface area contributed by atoms with E-state index in [4.69, 9.17) is 9.47 Å². The van der Waals surface area contributed by atoms with Gasteiger partial charge in [-0.05, 0) is 73.7 Å². The number of anilines is 2. The average molecular weight is 402 g/mol. The quantitative estimate of drug-likeness (QED) is 0.462. The Morgan fingerprint density at radius 3 is 2.47 bits per heavy atom. The molecule has 1 fully saturated rings. The van der Waals surface area contributed by atoms with Crippen molar-refractivity contribution in [1.29, 1.82) is 0 Å². The Morgan fingerprint density at radius 1 is 1.03 bits per heavy atom. The summed E-state index contributed by atoms with van der Waals surface area (Å²) < 4.78 is 11.9. The van der Waals surface area contributed by atoms with Crippen LogP contribution in [0.2, 0.25) is 0 Å². The zero-order valence-electron chi connectivity index (χ0n) is 17.2. The van der Waals surface area contributed by atoms with E-state index >= 15 is 0 Å². The zero-order valence-corrected chi connectivity index (χ0v) is 17.2. The summed E-state index contributed by atoms with van der Waals surface area (Å²) in [5, 5.41) is 0. The summed E-state index contributed by atoms with van der Waals surface area (Å²) in [7, 11) is 1.67. The minimum Gasteiger partial charge on any atom is -0.493 e.